The summed E-state index contributed by atoms with van der Waals surface area (Å²) < 4.78 is 6.40. The second kappa shape index (κ2) is 5.70. The first-order chi connectivity index (χ1) is 11.3. The van der Waals surface area contributed by atoms with E-state index in [1.165, 1.54) is 12.3 Å². The molecule has 1 aromatic heterocycles. The number of rotatable bonds is 4. The van der Waals surface area contributed by atoms with Gasteiger partial charge in [-0.25, -0.2) is 4.79 Å². The summed E-state index contributed by atoms with van der Waals surface area (Å²) in [6, 6.07) is 1.33. The van der Waals surface area contributed by atoms with E-state index in [1.807, 2.05) is 0 Å². The van der Waals surface area contributed by atoms with Gasteiger partial charge in [0.15, 0.2) is 12.0 Å². The zero-order chi connectivity index (χ0) is 17.6. The molecule has 2 aromatic rings. The van der Waals surface area contributed by atoms with Crippen LogP contribution in [0.5, 0.6) is 5.75 Å². The highest BCUT2D eigenvalue weighted by Gasteiger charge is 2.44. The first kappa shape index (κ1) is 16.1. The molecular weight excluding hydrogens is 324 g/mol. The topological polar surface area (TPSA) is 177 Å². The van der Waals surface area contributed by atoms with Crippen LogP contribution in [0.25, 0.3) is 0 Å². The van der Waals surface area contributed by atoms with Gasteiger partial charge in [-0.15, -0.1) is 0 Å². The minimum absolute atomic E-state index is 0.00178. The summed E-state index contributed by atoms with van der Waals surface area (Å²) in [6.07, 6.45) is -3.74. The highest BCUT2D eigenvalue weighted by Crippen LogP contribution is 2.29. The standard InChI is InChI=1S/C13H14N4O7/c14-5-1-2-17(13(23)16-5)12-11(22)7(18)4(24-12)3-15-6-8(19)10(21)9(6)20/h1-2,4,7,11-12,15,18-19,22H,3H2,(H2,14,16,23)/t4-,7-,11-,12-/m1/s1. The van der Waals surface area contributed by atoms with Gasteiger partial charge in [-0.3, -0.25) is 14.2 Å². The number of nitrogens with two attached hydrogens (primary N) is 1. The van der Waals surface area contributed by atoms with Gasteiger partial charge in [0.1, 0.15) is 29.8 Å². The molecule has 24 heavy (non-hydrogen) atoms. The smallest absolute Gasteiger partial charge is 0.351 e. The summed E-state index contributed by atoms with van der Waals surface area (Å²) in [5, 5.41) is 31.8. The van der Waals surface area contributed by atoms with E-state index in [4.69, 9.17) is 10.5 Å². The molecule has 3 rings (SSSR count). The maximum Gasteiger partial charge on any atom is 0.351 e. The molecule has 4 atom stereocenters. The molecular formula is C13H14N4O7. The fourth-order valence-electron chi connectivity index (χ4n) is 2.49. The average Bonchev–Trinajstić information content (AvgIpc) is 2.83. The highest BCUT2D eigenvalue weighted by atomic mass is 16.6. The molecule has 1 aliphatic heterocycles. The zero-order valence-electron chi connectivity index (χ0n) is 12.1. The van der Waals surface area contributed by atoms with Crippen molar-refractivity contribution in [2.24, 2.45) is 0 Å². The quantitative estimate of drug-likeness (QED) is 0.358. The third kappa shape index (κ3) is 2.44. The number of aromatic hydroxyl groups is 1. The van der Waals surface area contributed by atoms with Crippen molar-refractivity contribution in [3.8, 4) is 5.75 Å². The minimum Gasteiger partial charge on any atom is -0.502 e. The molecule has 0 unspecified atom stereocenters. The van der Waals surface area contributed by atoms with Gasteiger partial charge in [-0.2, -0.15) is 4.98 Å². The van der Waals surface area contributed by atoms with Crippen molar-refractivity contribution < 1.29 is 20.1 Å². The summed E-state index contributed by atoms with van der Waals surface area (Å²) in [7, 11) is 0. The Morgan fingerprint density at radius 1 is 1.25 bits per heavy atom. The lowest BCUT2D eigenvalue weighted by Gasteiger charge is -2.17. The Labute approximate surface area is 133 Å². The Morgan fingerprint density at radius 3 is 2.58 bits per heavy atom. The van der Waals surface area contributed by atoms with E-state index in [9.17, 15) is 29.7 Å². The number of hydrogen-bond acceptors (Lipinski definition) is 10. The fraction of sp³-hybridized carbons (Fsp3) is 0.385. The fourth-order valence-corrected chi connectivity index (χ4v) is 2.49. The molecule has 0 amide bonds. The molecule has 1 aliphatic rings. The van der Waals surface area contributed by atoms with Crippen molar-refractivity contribution in [1.82, 2.24) is 9.55 Å². The molecule has 11 heteroatoms. The van der Waals surface area contributed by atoms with Crippen molar-refractivity contribution >= 4 is 11.5 Å². The largest absolute Gasteiger partial charge is 0.502 e. The third-order valence-corrected chi connectivity index (χ3v) is 3.83. The lowest BCUT2D eigenvalue weighted by atomic mass is 10.1. The number of nitrogens with one attached hydrogen (secondary N) is 1. The number of anilines is 2. The molecule has 0 radical (unpaired) electrons. The Morgan fingerprint density at radius 2 is 1.96 bits per heavy atom. The van der Waals surface area contributed by atoms with Gasteiger partial charge in [0, 0.05) is 12.7 Å². The van der Waals surface area contributed by atoms with Crippen LogP contribution >= 0.6 is 0 Å². The van der Waals surface area contributed by atoms with Crippen molar-refractivity contribution in [2.75, 3.05) is 17.6 Å². The first-order valence-electron chi connectivity index (χ1n) is 6.93. The van der Waals surface area contributed by atoms with Crippen molar-refractivity contribution in [2.45, 2.75) is 24.5 Å². The van der Waals surface area contributed by atoms with Crippen LogP contribution in [0.2, 0.25) is 0 Å². The minimum atomic E-state index is -1.43. The number of aromatic nitrogens is 2. The van der Waals surface area contributed by atoms with E-state index in [-0.39, 0.29) is 18.1 Å². The molecule has 0 saturated carbocycles. The van der Waals surface area contributed by atoms with E-state index >= 15 is 0 Å². The van der Waals surface area contributed by atoms with Crippen LogP contribution in [0.15, 0.2) is 26.6 Å². The Kier molecular flexibility index (Phi) is 3.83. The summed E-state index contributed by atoms with van der Waals surface area (Å²) >= 11 is 0. The predicted molar refractivity (Wildman–Crippen MR) is 80.3 cm³/mol. The lowest BCUT2D eigenvalue weighted by Crippen LogP contribution is -2.39. The Hall–Kier alpha value is -2.76. The summed E-state index contributed by atoms with van der Waals surface area (Å²) in [5.41, 5.74) is 2.46. The highest BCUT2D eigenvalue weighted by molar-refractivity contribution is 5.60. The van der Waals surface area contributed by atoms with E-state index in [2.05, 4.69) is 10.3 Å². The number of ether oxygens (including phenoxy) is 1. The molecule has 0 aliphatic carbocycles. The summed E-state index contributed by atoms with van der Waals surface area (Å²) in [4.78, 5) is 37.4. The number of aliphatic hydroxyl groups is 2. The molecule has 2 heterocycles. The van der Waals surface area contributed by atoms with Gasteiger partial charge in [0.2, 0.25) is 0 Å². The second-order valence-electron chi connectivity index (χ2n) is 5.35. The molecule has 11 nitrogen and oxygen atoms in total. The third-order valence-electron chi connectivity index (χ3n) is 3.83. The predicted octanol–water partition coefficient (Wildman–Crippen LogP) is -3.14. The van der Waals surface area contributed by atoms with Crippen LogP contribution in [-0.4, -0.2) is 49.7 Å². The van der Waals surface area contributed by atoms with Crippen molar-refractivity contribution in [1.29, 1.82) is 0 Å². The normalized spacial score (nSPS) is 26.8. The first-order valence-corrected chi connectivity index (χ1v) is 6.93. The maximum atomic E-state index is 11.8. The Balaban J connectivity index is 1.74. The molecule has 0 spiro atoms. The number of nitrogens with zero attached hydrogens (tertiary/aromatic N) is 2. The van der Waals surface area contributed by atoms with E-state index in [1.54, 1.807) is 0 Å². The number of aliphatic hydroxyl groups excluding tert-OH is 2. The Bertz CT molecular complexity index is 901. The van der Waals surface area contributed by atoms with Crippen LogP contribution in [-0.2, 0) is 4.74 Å². The van der Waals surface area contributed by atoms with Gasteiger partial charge in [-0.05, 0) is 6.07 Å². The van der Waals surface area contributed by atoms with Crippen LogP contribution in [0.3, 0.4) is 0 Å². The zero-order valence-corrected chi connectivity index (χ0v) is 12.1. The van der Waals surface area contributed by atoms with Gasteiger partial charge in [0.05, 0.1) is 0 Å². The summed E-state index contributed by atoms with van der Waals surface area (Å²) in [6.45, 7) is -0.176. The monoisotopic (exact) mass is 338 g/mol. The second-order valence-corrected chi connectivity index (χ2v) is 5.35. The van der Waals surface area contributed by atoms with E-state index in [0.717, 1.165) is 4.57 Å². The molecule has 1 fully saturated rings. The van der Waals surface area contributed by atoms with Crippen molar-refractivity contribution in [3.63, 3.8) is 0 Å². The molecule has 1 aromatic carbocycles. The van der Waals surface area contributed by atoms with E-state index in [0.29, 0.717) is 0 Å². The van der Waals surface area contributed by atoms with Crippen molar-refractivity contribution in [3.05, 3.63) is 43.2 Å². The van der Waals surface area contributed by atoms with Crippen LogP contribution < -0.4 is 27.6 Å². The van der Waals surface area contributed by atoms with Gasteiger partial charge in [-0.1, -0.05) is 0 Å². The van der Waals surface area contributed by atoms with Crippen LogP contribution in [0, 0.1) is 0 Å². The van der Waals surface area contributed by atoms with E-state index < -0.39 is 46.8 Å². The van der Waals surface area contributed by atoms with Gasteiger partial charge >= 0.3 is 5.69 Å². The van der Waals surface area contributed by atoms with Crippen LogP contribution in [0.4, 0.5) is 11.5 Å². The molecule has 6 N–H and O–H groups in total. The summed E-state index contributed by atoms with van der Waals surface area (Å²) in [5.74, 6) is -0.693. The lowest BCUT2D eigenvalue weighted by molar-refractivity contribution is -0.0362. The van der Waals surface area contributed by atoms with Gasteiger partial charge in [0.25, 0.3) is 10.9 Å². The number of nitrogen functional groups attached to an aromatic ring is 1. The maximum absolute atomic E-state index is 11.8. The number of hydrogen-bond donors (Lipinski definition) is 5. The average molecular weight is 338 g/mol. The molecule has 128 valence electrons. The molecule has 1 saturated heterocycles. The molecule has 0 bridgehead atoms. The SMILES string of the molecule is Nc1ccn([C@@H]2O[C@H](CNc3c(O)c(=O)c3=O)[C@@H](O)[C@H]2O)c(=O)n1. The van der Waals surface area contributed by atoms with Crippen LogP contribution in [0.1, 0.15) is 6.23 Å². The van der Waals surface area contributed by atoms with Gasteiger partial charge < -0.3 is 31.1 Å².